The molecule has 0 radical (unpaired) electrons. The van der Waals surface area contributed by atoms with Crippen molar-refractivity contribution in [2.24, 2.45) is 0 Å². The highest BCUT2D eigenvalue weighted by Gasteiger charge is 2.21. The second-order valence-electron chi connectivity index (χ2n) is 27.5. The van der Waals surface area contributed by atoms with Crippen molar-refractivity contribution < 1.29 is 0 Å². The molecule has 0 spiro atoms. The third kappa shape index (κ3) is 27.7. The van der Waals surface area contributed by atoms with E-state index in [0.717, 1.165) is 23.0 Å². The number of hydrogen-bond donors (Lipinski definition) is 0. The number of benzene rings is 8. The molecule has 88 heavy (non-hydrogen) atoms. The summed E-state index contributed by atoms with van der Waals surface area (Å²) in [5.74, 6) is 4.38. The molecule has 0 saturated carbocycles. The van der Waals surface area contributed by atoms with Crippen LogP contribution in [0.4, 0.5) is 0 Å². The summed E-state index contributed by atoms with van der Waals surface area (Å²) >= 11 is 7.98. The Kier molecular flexibility index (Phi) is 35.2. The zero-order valence-corrected chi connectivity index (χ0v) is 58.5. The van der Waals surface area contributed by atoms with E-state index in [4.69, 9.17) is 0 Å². The monoisotopic (exact) mass is 1260 g/mol. The van der Waals surface area contributed by atoms with Crippen LogP contribution in [0.1, 0.15) is 213 Å². The Hall–Kier alpha value is -4.84. The molecule has 0 aromatic heterocycles. The molecule has 0 bridgehead atoms. The SMILES string of the molecule is C.C.C.C.CC(C)SCc1ccc(-c2ccc(C(C)(C)C)cc2)cc1.CC(C)SCc1ccc(-c2cccc(C(C)(C)C)c2)cc1.CC(C)SCc1ccc(-c2ccccc2)c(C(C)(C)C)c1.CC(C)SCc1ccc(-c2ccccc2C(C)(C)C)cc1. The molecule has 0 fully saturated rings. The smallest absolute Gasteiger partial charge is 0.0187 e. The van der Waals surface area contributed by atoms with E-state index in [1.165, 1.54) is 89.0 Å². The third-order valence-corrected chi connectivity index (χ3v) is 19.0. The Morgan fingerprint density at radius 2 is 0.568 bits per heavy atom. The van der Waals surface area contributed by atoms with Crippen LogP contribution in [0.25, 0.3) is 44.5 Å². The maximum absolute atomic E-state index is 2.40. The number of rotatable bonds is 16. The van der Waals surface area contributed by atoms with Gasteiger partial charge in [0.25, 0.3) is 0 Å². The van der Waals surface area contributed by atoms with E-state index in [9.17, 15) is 0 Å². The van der Waals surface area contributed by atoms with Crippen molar-refractivity contribution in [1.29, 1.82) is 0 Å². The minimum absolute atomic E-state index is 0. The summed E-state index contributed by atoms with van der Waals surface area (Å²) < 4.78 is 0. The predicted octanol–water partition coefficient (Wildman–Crippen LogP) is 27.7. The number of thioether (sulfide) groups is 4. The second-order valence-corrected chi connectivity index (χ2v) is 33.7. The molecule has 0 aliphatic heterocycles. The highest BCUT2D eigenvalue weighted by atomic mass is 32.2. The maximum Gasteiger partial charge on any atom is 0.0187 e. The van der Waals surface area contributed by atoms with Crippen molar-refractivity contribution in [2.75, 3.05) is 0 Å². The summed E-state index contributed by atoms with van der Waals surface area (Å²) in [7, 11) is 0. The van der Waals surface area contributed by atoms with Crippen LogP contribution in [-0.4, -0.2) is 21.0 Å². The summed E-state index contributed by atoms with van der Waals surface area (Å²) in [6, 6.07) is 71.4. The quantitative estimate of drug-likeness (QED) is 0.0945. The third-order valence-electron chi connectivity index (χ3n) is 14.4. The van der Waals surface area contributed by atoms with Crippen LogP contribution in [0.5, 0.6) is 0 Å². The lowest BCUT2D eigenvalue weighted by molar-refractivity contribution is 0.590. The standard InChI is InChI=1S/4C20H26S.4CH4/c1-15(2)21-14-16-6-8-17(9-7-16)18-10-12-19(13-11-18)20(3,4)5;1-15(2)21-14-16-9-11-17(12-10-16)18-7-6-8-19(13-18)20(3,4)5;1-15(2)21-14-16-10-12-17(13-11-16)18-8-6-7-9-19(18)20(3,4)5;1-15(2)21-14-16-11-12-18(17-9-7-6-8-10-17)19(13-16)20(3,4)5;;;;/h4*6-13,15H,14H2,1-5H3;4*1H4. The molecule has 0 saturated heterocycles. The van der Waals surface area contributed by atoms with Gasteiger partial charge in [0.2, 0.25) is 0 Å². The van der Waals surface area contributed by atoms with Crippen molar-refractivity contribution in [2.45, 2.75) is 234 Å². The van der Waals surface area contributed by atoms with Gasteiger partial charge in [-0.2, -0.15) is 47.0 Å². The normalized spacial score (nSPS) is 11.4. The Morgan fingerprint density at radius 3 is 0.966 bits per heavy atom. The van der Waals surface area contributed by atoms with Gasteiger partial charge in [-0.25, -0.2) is 0 Å². The summed E-state index contributed by atoms with van der Waals surface area (Å²) in [4.78, 5) is 0. The first-order valence-electron chi connectivity index (χ1n) is 30.7. The van der Waals surface area contributed by atoms with Crippen LogP contribution in [0.2, 0.25) is 0 Å². The summed E-state index contributed by atoms with van der Waals surface area (Å²) in [6.07, 6.45) is 0. The van der Waals surface area contributed by atoms with Gasteiger partial charge in [0.05, 0.1) is 0 Å². The van der Waals surface area contributed by atoms with Crippen LogP contribution in [-0.2, 0) is 44.7 Å². The highest BCUT2D eigenvalue weighted by Crippen LogP contribution is 2.37. The first-order chi connectivity index (χ1) is 39.5. The Balaban J connectivity index is 0.000000578. The fourth-order valence-electron chi connectivity index (χ4n) is 9.31. The Bertz CT molecular complexity index is 3150. The summed E-state index contributed by atoms with van der Waals surface area (Å²) in [5, 5.41) is 2.74. The summed E-state index contributed by atoms with van der Waals surface area (Å²) in [6.45, 7) is 45.3. The molecule has 8 rings (SSSR count). The topological polar surface area (TPSA) is 0 Å². The van der Waals surface area contributed by atoms with Gasteiger partial charge >= 0.3 is 0 Å². The Morgan fingerprint density at radius 1 is 0.250 bits per heavy atom. The molecule has 0 amide bonds. The van der Waals surface area contributed by atoms with Gasteiger partial charge in [0.15, 0.2) is 0 Å². The van der Waals surface area contributed by atoms with Gasteiger partial charge in [0.1, 0.15) is 0 Å². The molecule has 0 nitrogen and oxygen atoms in total. The van der Waals surface area contributed by atoms with Gasteiger partial charge in [-0.15, -0.1) is 0 Å². The molecule has 0 N–H and O–H groups in total. The van der Waals surface area contributed by atoms with E-state index >= 15 is 0 Å². The average Bonchev–Trinajstić information content (AvgIpc) is 3.59. The van der Waals surface area contributed by atoms with Crippen LogP contribution in [0.15, 0.2) is 194 Å². The van der Waals surface area contributed by atoms with Gasteiger partial charge in [-0.1, -0.05) is 362 Å². The van der Waals surface area contributed by atoms with Crippen LogP contribution in [0.3, 0.4) is 0 Å². The highest BCUT2D eigenvalue weighted by molar-refractivity contribution is 7.99. The first kappa shape index (κ1) is 81.2. The lowest BCUT2D eigenvalue weighted by Gasteiger charge is -2.24. The van der Waals surface area contributed by atoms with E-state index in [1.807, 2.05) is 47.0 Å². The molecule has 4 heteroatoms. The maximum atomic E-state index is 2.40. The predicted molar refractivity (Wildman–Crippen MR) is 415 cm³/mol. The van der Waals surface area contributed by atoms with Crippen LogP contribution in [0, 0.1) is 0 Å². The zero-order chi connectivity index (χ0) is 61.8. The number of hydrogen-bond acceptors (Lipinski definition) is 4. The molecule has 0 aliphatic carbocycles. The fourth-order valence-corrected chi connectivity index (χ4v) is 12.2. The van der Waals surface area contributed by atoms with E-state index in [1.54, 1.807) is 0 Å². The van der Waals surface area contributed by atoms with E-state index < -0.39 is 0 Å². The molecule has 0 heterocycles. The van der Waals surface area contributed by atoms with Crippen molar-refractivity contribution in [3.8, 4) is 44.5 Å². The minimum atomic E-state index is 0. The van der Waals surface area contributed by atoms with Crippen LogP contribution >= 0.6 is 47.0 Å². The largest absolute Gasteiger partial charge is 0.154 e. The van der Waals surface area contributed by atoms with Gasteiger partial charge in [-0.3, -0.25) is 0 Å². The molecule has 0 atom stereocenters. The van der Waals surface area contributed by atoms with Crippen molar-refractivity contribution >= 4 is 47.0 Å². The first-order valence-corrected chi connectivity index (χ1v) is 34.9. The lowest BCUT2D eigenvalue weighted by Crippen LogP contribution is -2.13. The van der Waals surface area contributed by atoms with Crippen molar-refractivity contribution in [1.82, 2.24) is 0 Å². The average molecular weight is 1260 g/mol. The van der Waals surface area contributed by atoms with Gasteiger partial charge < -0.3 is 0 Å². The van der Waals surface area contributed by atoms with Crippen molar-refractivity contribution in [3.05, 3.63) is 239 Å². The van der Waals surface area contributed by atoms with E-state index in [-0.39, 0.29) is 51.4 Å². The lowest BCUT2D eigenvalue weighted by atomic mass is 9.81. The van der Waals surface area contributed by atoms with E-state index in [0.29, 0.717) is 21.0 Å². The molecular weight excluding hydrogens is 1140 g/mol. The molecule has 480 valence electrons. The molecular formula is C84H120S4. The summed E-state index contributed by atoms with van der Waals surface area (Å²) in [5.41, 5.74) is 22.6. The van der Waals surface area contributed by atoms with Gasteiger partial charge in [-0.05, 0) is 132 Å². The van der Waals surface area contributed by atoms with E-state index in [2.05, 4.69) is 333 Å². The minimum Gasteiger partial charge on any atom is -0.154 e. The van der Waals surface area contributed by atoms with Gasteiger partial charge in [0, 0.05) is 23.0 Å². The Labute approximate surface area is 560 Å². The molecule has 0 unspecified atom stereocenters. The molecule has 0 aliphatic rings. The van der Waals surface area contributed by atoms with Crippen molar-refractivity contribution in [3.63, 3.8) is 0 Å². The zero-order valence-electron chi connectivity index (χ0n) is 55.2. The fraction of sp³-hybridized carbons (Fsp3) is 0.429. The molecule has 8 aromatic carbocycles. The second kappa shape index (κ2) is 38.1. The molecule has 8 aromatic rings. The van der Waals surface area contributed by atoms with Crippen LogP contribution < -0.4 is 0 Å².